The minimum atomic E-state index is -5.05. The minimum absolute atomic E-state index is 0.329. The number of nitrogens with two attached hydrogens (primary N) is 1. The Morgan fingerprint density at radius 3 is 2.67 bits per heavy atom. The molecule has 0 aliphatic carbocycles. The zero-order valence-corrected chi connectivity index (χ0v) is 8.65. The molecular weight excluding hydrogens is 255 g/mol. The molecule has 96 valence electrons. The van der Waals surface area contributed by atoms with Crippen LogP contribution in [0.1, 0.15) is 11.1 Å². The Morgan fingerprint density at radius 1 is 1.61 bits per heavy atom. The fourth-order valence-electron chi connectivity index (χ4n) is 1.18. The van der Waals surface area contributed by atoms with Crippen LogP contribution in [0.3, 0.4) is 0 Å². The molecule has 0 saturated heterocycles. The van der Waals surface area contributed by atoms with Gasteiger partial charge in [0.2, 0.25) is 5.88 Å². The third kappa shape index (κ3) is 3.51. The molecule has 1 aromatic rings. The van der Waals surface area contributed by atoms with Crippen LogP contribution < -0.4 is 10.5 Å². The normalized spacial score (nSPS) is 10.8. The van der Waals surface area contributed by atoms with Crippen molar-refractivity contribution >= 4 is 11.8 Å². The Labute approximate surface area is 98.4 Å². The lowest BCUT2D eigenvalue weighted by atomic mass is 10.1. The van der Waals surface area contributed by atoms with Crippen LogP contribution in [0.15, 0.2) is 6.07 Å². The van der Waals surface area contributed by atoms with Gasteiger partial charge >= 0.3 is 12.3 Å². The minimum Gasteiger partial charge on any atom is -0.481 e. The lowest BCUT2D eigenvalue weighted by Crippen LogP contribution is -2.20. The van der Waals surface area contributed by atoms with Gasteiger partial charge in [0.05, 0.1) is 18.1 Å². The molecule has 18 heavy (non-hydrogen) atoms. The molecule has 1 rings (SSSR count). The van der Waals surface area contributed by atoms with Crippen LogP contribution in [0.4, 0.5) is 19.0 Å². The number of hydrogen-bond acceptors (Lipinski definition) is 5. The summed E-state index contributed by atoms with van der Waals surface area (Å²) in [4.78, 5) is 13.8. The fourth-order valence-corrected chi connectivity index (χ4v) is 1.18. The maximum atomic E-state index is 12.1. The molecule has 0 amide bonds. The van der Waals surface area contributed by atoms with E-state index in [1.807, 2.05) is 0 Å². The molecule has 0 unspecified atom stereocenters. The van der Waals surface area contributed by atoms with E-state index in [0.717, 1.165) is 6.07 Å². The summed E-state index contributed by atoms with van der Waals surface area (Å²) >= 11 is 0. The number of aromatic nitrogens is 1. The zero-order chi connectivity index (χ0) is 13.9. The fraction of sp³-hybridized carbons (Fsp3) is 0.222. The molecule has 0 fully saturated rings. The molecule has 3 N–H and O–H groups in total. The molecule has 0 aliphatic rings. The van der Waals surface area contributed by atoms with Crippen LogP contribution >= 0.6 is 0 Å². The largest absolute Gasteiger partial charge is 0.574 e. The van der Waals surface area contributed by atoms with Crippen LogP contribution in [0.25, 0.3) is 0 Å². The van der Waals surface area contributed by atoms with Crippen LogP contribution in [-0.4, -0.2) is 22.4 Å². The Kier molecular flexibility index (Phi) is 3.61. The lowest BCUT2D eigenvalue weighted by molar-refractivity contribution is -0.276. The van der Waals surface area contributed by atoms with Crippen molar-refractivity contribution in [3.05, 3.63) is 17.2 Å². The van der Waals surface area contributed by atoms with Crippen LogP contribution in [-0.2, 0) is 11.2 Å². The standard InChI is InChI=1S/C9H6F3N3O3/c10-9(11,12)18-8-5(2-7(16)17)4(3-13)1-6(14)15-8/h1H,2H2,(H2,14,15)(H,16,17). The summed E-state index contributed by atoms with van der Waals surface area (Å²) in [6.45, 7) is 0. The SMILES string of the molecule is N#Cc1cc(N)nc(OC(F)(F)F)c1CC(=O)O. The molecule has 1 heterocycles. The number of nitrogen functional groups attached to an aromatic ring is 1. The number of aliphatic carboxylic acids is 1. The number of halogens is 3. The van der Waals surface area contributed by atoms with E-state index in [1.165, 1.54) is 6.07 Å². The van der Waals surface area contributed by atoms with Crippen molar-refractivity contribution in [2.45, 2.75) is 12.8 Å². The number of anilines is 1. The number of carbonyl (C=O) groups is 1. The highest BCUT2D eigenvalue weighted by atomic mass is 19.4. The molecule has 0 saturated carbocycles. The smallest absolute Gasteiger partial charge is 0.481 e. The predicted octanol–water partition coefficient (Wildman–Crippen LogP) is 1.06. The molecule has 0 bridgehead atoms. The Bertz CT molecular complexity index is 522. The number of nitriles is 1. The first-order valence-electron chi connectivity index (χ1n) is 4.40. The number of ether oxygens (including phenoxy) is 1. The van der Waals surface area contributed by atoms with Crippen molar-refractivity contribution in [2.75, 3.05) is 5.73 Å². The summed E-state index contributed by atoms with van der Waals surface area (Å²) in [5.41, 5.74) is 4.39. The van der Waals surface area contributed by atoms with Gasteiger partial charge in [0.25, 0.3) is 0 Å². The number of rotatable bonds is 3. The van der Waals surface area contributed by atoms with Gasteiger partial charge < -0.3 is 15.6 Å². The van der Waals surface area contributed by atoms with Gasteiger partial charge in [-0.1, -0.05) is 0 Å². The van der Waals surface area contributed by atoms with E-state index in [-0.39, 0.29) is 11.4 Å². The number of alkyl halides is 3. The second kappa shape index (κ2) is 4.79. The molecule has 0 aromatic carbocycles. The third-order valence-corrected chi connectivity index (χ3v) is 1.77. The summed E-state index contributed by atoms with van der Waals surface area (Å²) < 4.78 is 39.8. The van der Waals surface area contributed by atoms with Crippen molar-refractivity contribution in [2.24, 2.45) is 0 Å². The predicted molar refractivity (Wildman–Crippen MR) is 51.4 cm³/mol. The van der Waals surface area contributed by atoms with E-state index in [9.17, 15) is 18.0 Å². The zero-order valence-electron chi connectivity index (χ0n) is 8.65. The summed E-state index contributed by atoms with van der Waals surface area (Å²) in [6, 6.07) is 2.51. The highest BCUT2D eigenvalue weighted by Gasteiger charge is 2.34. The molecule has 0 spiro atoms. The Balaban J connectivity index is 3.33. The van der Waals surface area contributed by atoms with Gasteiger partial charge in [-0.25, -0.2) is 0 Å². The highest BCUT2D eigenvalue weighted by molar-refractivity contribution is 5.73. The monoisotopic (exact) mass is 261 g/mol. The molecular formula is C9H6F3N3O3. The number of nitrogens with zero attached hydrogens (tertiary/aromatic N) is 2. The number of hydrogen-bond donors (Lipinski definition) is 2. The first-order valence-corrected chi connectivity index (χ1v) is 4.40. The van der Waals surface area contributed by atoms with Crippen molar-refractivity contribution in [1.82, 2.24) is 4.98 Å². The quantitative estimate of drug-likeness (QED) is 0.841. The summed E-state index contributed by atoms with van der Waals surface area (Å²) in [5, 5.41) is 17.3. The van der Waals surface area contributed by atoms with Gasteiger partial charge in [0.15, 0.2) is 0 Å². The number of carboxylic acids is 1. The average molecular weight is 261 g/mol. The van der Waals surface area contributed by atoms with Crippen molar-refractivity contribution in [1.29, 1.82) is 5.26 Å². The van der Waals surface area contributed by atoms with E-state index in [2.05, 4.69) is 9.72 Å². The first kappa shape index (κ1) is 13.6. The lowest BCUT2D eigenvalue weighted by Gasteiger charge is -2.12. The Hall–Kier alpha value is -2.50. The van der Waals surface area contributed by atoms with Crippen LogP contribution in [0.5, 0.6) is 5.88 Å². The van der Waals surface area contributed by atoms with Crippen LogP contribution in [0.2, 0.25) is 0 Å². The number of carboxylic acid groups (broad SMARTS) is 1. The van der Waals surface area contributed by atoms with Gasteiger partial charge in [-0.3, -0.25) is 4.79 Å². The Morgan fingerprint density at radius 2 is 2.22 bits per heavy atom. The van der Waals surface area contributed by atoms with E-state index >= 15 is 0 Å². The summed E-state index contributed by atoms with van der Waals surface area (Å²) in [5.74, 6) is -2.83. The topological polar surface area (TPSA) is 109 Å². The average Bonchev–Trinajstić information content (AvgIpc) is 2.18. The van der Waals surface area contributed by atoms with E-state index in [0.29, 0.717) is 0 Å². The highest BCUT2D eigenvalue weighted by Crippen LogP contribution is 2.28. The van der Waals surface area contributed by atoms with E-state index < -0.39 is 30.2 Å². The maximum Gasteiger partial charge on any atom is 0.574 e. The van der Waals surface area contributed by atoms with Gasteiger partial charge in [0, 0.05) is 5.56 Å². The maximum absolute atomic E-state index is 12.1. The molecule has 0 atom stereocenters. The molecule has 6 nitrogen and oxygen atoms in total. The van der Waals surface area contributed by atoms with Gasteiger partial charge in [0.1, 0.15) is 5.82 Å². The van der Waals surface area contributed by atoms with E-state index in [4.69, 9.17) is 16.1 Å². The second-order valence-corrected chi connectivity index (χ2v) is 3.11. The third-order valence-electron chi connectivity index (χ3n) is 1.77. The van der Waals surface area contributed by atoms with Gasteiger partial charge in [-0.15, -0.1) is 13.2 Å². The van der Waals surface area contributed by atoms with Crippen molar-refractivity contribution in [3.8, 4) is 11.9 Å². The second-order valence-electron chi connectivity index (χ2n) is 3.11. The van der Waals surface area contributed by atoms with Gasteiger partial charge in [-0.2, -0.15) is 10.2 Å². The van der Waals surface area contributed by atoms with Gasteiger partial charge in [-0.05, 0) is 6.07 Å². The molecule has 0 aliphatic heterocycles. The van der Waals surface area contributed by atoms with Crippen molar-refractivity contribution in [3.63, 3.8) is 0 Å². The molecule has 0 radical (unpaired) electrons. The first-order chi connectivity index (χ1) is 8.23. The van der Waals surface area contributed by atoms with Crippen molar-refractivity contribution < 1.29 is 27.8 Å². The van der Waals surface area contributed by atoms with E-state index in [1.54, 1.807) is 0 Å². The molecule has 9 heteroatoms. The molecule has 1 aromatic heterocycles. The van der Waals surface area contributed by atoms with Crippen LogP contribution in [0, 0.1) is 11.3 Å². The number of pyridine rings is 1. The summed E-state index contributed by atoms with van der Waals surface area (Å²) in [6.07, 6.45) is -5.89. The summed E-state index contributed by atoms with van der Waals surface area (Å²) in [7, 11) is 0.